The zero-order chi connectivity index (χ0) is 29.0. The number of aromatic nitrogens is 1. The van der Waals surface area contributed by atoms with Gasteiger partial charge < -0.3 is 24.2 Å². The molecule has 0 saturated carbocycles. The molecule has 3 aromatic rings. The number of carbonyl (C=O) groups excluding carboxylic acids is 1. The van der Waals surface area contributed by atoms with Crippen LogP contribution in [0.25, 0.3) is 5.57 Å². The summed E-state index contributed by atoms with van der Waals surface area (Å²) in [6.45, 7) is 8.92. The molecule has 2 aliphatic rings. The maximum absolute atomic E-state index is 11.7. The minimum Gasteiger partial charge on any atom is -0.490 e. The monoisotopic (exact) mass is 576 g/mol. The van der Waals surface area contributed by atoms with E-state index in [9.17, 15) is 9.90 Å². The summed E-state index contributed by atoms with van der Waals surface area (Å²) in [4.78, 5) is 18.1. The van der Waals surface area contributed by atoms with E-state index in [-0.39, 0.29) is 24.6 Å². The number of esters is 1. The number of fused-ring (bicyclic) bond motifs is 2. The van der Waals surface area contributed by atoms with Crippen molar-refractivity contribution < 1.29 is 24.1 Å². The van der Waals surface area contributed by atoms with Crippen molar-refractivity contribution in [1.82, 2.24) is 9.88 Å². The summed E-state index contributed by atoms with van der Waals surface area (Å²) in [5.74, 6) is 1.12. The first-order valence-corrected chi connectivity index (χ1v) is 14.4. The Morgan fingerprint density at radius 1 is 1.15 bits per heavy atom. The highest BCUT2D eigenvalue weighted by atomic mass is 35.5. The van der Waals surface area contributed by atoms with Crippen molar-refractivity contribution in [2.24, 2.45) is 5.41 Å². The second-order valence-electron chi connectivity index (χ2n) is 11.3. The molecule has 1 saturated heterocycles. The molecule has 1 unspecified atom stereocenters. The van der Waals surface area contributed by atoms with Gasteiger partial charge in [0.15, 0.2) is 0 Å². The van der Waals surface area contributed by atoms with Gasteiger partial charge >= 0.3 is 5.97 Å². The second kappa shape index (κ2) is 12.2. The highest BCUT2D eigenvalue weighted by Gasteiger charge is 2.48. The molecule has 2 aromatic carbocycles. The first-order valence-electron chi connectivity index (χ1n) is 14.0. The van der Waals surface area contributed by atoms with Gasteiger partial charge in [0.2, 0.25) is 0 Å². The Morgan fingerprint density at radius 2 is 1.95 bits per heavy atom. The fourth-order valence-electron chi connectivity index (χ4n) is 5.86. The third-order valence-electron chi connectivity index (χ3n) is 8.09. The fourth-order valence-corrected chi connectivity index (χ4v) is 5.99. The highest BCUT2D eigenvalue weighted by molar-refractivity contribution is 6.30. The van der Waals surface area contributed by atoms with Crippen LogP contribution in [0.2, 0.25) is 5.02 Å². The van der Waals surface area contributed by atoms with Crippen LogP contribution >= 0.6 is 11.6 Å². The third-order valence-corrected chi connectivity index (χ3v) is 8.34. The highest BCUT2D eigenvalue weighted by Crippen LogP contribution is 2.46. The lowest BCUT2D eigenvalue weighted by atomic mass is 9.66. The van der Waals surface area contributed by atoms with E-state index in [4.69, 9.17) is 25.8 Å². The number of halogens is 1. The molecule has 216 valence electrons. The lowest BCUT2D eigenvalue weighted by Gasteiger charge is -2.50. The Hall–Kier alpha value is -3.39. The maximum atomic E-state index is 11.7. The van der Waals surface area contributed by atoms with Crippen molar-refractivity contribution in [3.05, 3.63) is 94.3 Å². The number of rotatable bonds is 8. The molecular formula is C33H37ClN2O5. The molecule has 7 nitrogen and oxygen atoms in total. The van der Waals surface area contributed by atoms with Crippen LogP contribution in [0.3, 0.4) is 0 Å². The number of benzene rings is 2. The van der Waals surface area contributed by atoms with Crippen LogP contribution < -0.4 is 9.47 Å². The molecule has 0 bridgehead atoms. The van der Waals surface area contributed by atoms with E-state index in [1.54, 1.807) is 6.20 Å². The first-order chi connectivity index (χ1) is 19.7. The van der Waals surface area contributed by atoms with Gasteiger partial charge in [0.1, 0.15) is 31.3 Å². The van der Waals surface area contributed by atoms with Crippen LogP contribution in [0.1, 0.15) is 56.0 Å². The Bertz CT molecular complexity index is 1420. The molecule has 1 aromatic heterocycles. The van der Waals surface area contributed by atoms with E-state index in [0.29, 0.717) is 23.8 Å². The van der Waals surface area contributed by atoms with Gasteiger partial charge in [0, 0.05) is 54.3 Å². The van der Waals surface area contributed by atoms with Gasteiger partial charge in [-0.15, -0.1) is 0 Å². The molecule has 0 amide bonds. The summed E-state index contributed by atoms with van der Waals surface area (Å²) in [5, 5.41) is 12.4. The molecule has 0 spiro atoms. The fraction of sp³-hybridized carbons (Fsp3) is 0.394. The molecular weight excluding hydrogens is 540 g/mol. The van der Waals surface area contributed by atoms with E-state index in [1.165, 1.54) is 6.92 Å². The van der Waals surface area contributed by atoms with Crippen LogP contribution in [0.15, 0.2) is 66.9 Å². The van der Waals surface area contributed by atoms with Gasteiger partial charge in [0.25, 0.3) is 0 Å². The number of nitrogens with zero attached hydrogens (tertiary/aromatic N) is 2. The molecule has 1 fully saturated rings. The van der Waals surface area contributed by atoms with E-state index < -0.39 is 5.60 Å². The Labute approximate surface area is 246 Å². The molecule has 1 atom stereocenters. The van der Waals surface area contributed by atoms with E-state index in [2.05, 4.69) is 35.9 Å². The summed E-state index contributed by atoms with van der Waals surface area (Å²) in [7, 11) is 0. The Kier molecular flexibility index (Phi) is 8.68. The number of pyridine rings is 1. The largest absolute Gasteiger partial charge is 0.490 e. The van der Waals surface area contributed by atoms with Crippen LogP contribution in [-0.4, -0.2) is 53.8 Å². The van der Waals surface area contributed by atoms with Crippen LogP contribution in [-0.2, 0) is 21.7 Å². The molecule has 0 aliphatic carbocycles. The van der Waals surface area contributed by atoms with Gasteiger partial charge in [-0.3, -0.25) is 9.78 Å². The molecule has 8 heteroatoms. The minimum absolute atomic E-state index is 0.192. The first kappa shape index (κ1) is 29.1. The van der Waals surface area contributed by atoms with Gasteiger partial charge in [-0.2, -0.15) is 0 Å². The smallest absolute Gasteiger partial charge is 0.302 e. The number of hydrogen-bond donors (Lipinski definition) is 1. The quantitative estimate of drug-likeness (QED) is 0.260. The van der Waals surface area contributed by atoms with Crippen molar-refractivity contribution in [3.63, 3.8) is 0 Å². The van der Waals surface area contributed by atoms with Crippen molar-refractivity contribution in [1.29, 1.82) is 0 Å². The van der Waals surface area contributed by atoms with Crippen molar-refractivity contribution in [3.8, 4) is 11.5 Å². The van der Waals surface area contributed by atoms with Crippen LogP contribution in [0, 0.1) is 5.41 Å². The number of hydrogen-bond acceptors (Lipinski definition) is 7. The zero-order valence-electron chi connectivity index (χ0n) is 23.9. The SMILES string of the molecule is CC(=O)OCCOc1ccc2c(c1)C(=CCCN1CCC(O)(c3ccc(Cl)cc3)C(C)(C)C1)c1cccnc1CO2. The molecule has 0 radical (unpaired) electrons. The maximum Gasteiger partial charge on any atom is 0.302 e. The number of ether oxygens (including phenoxy) is 3. The lowest BCUT2D eigenvalue weighted by molar-refractivity contribution is -0.141. The van der Waals surface area contributed by atoms with Crippen LogP contribution in [0.4, 0.5) is 0 Å². The summed E-state index contributed by atoms with van der Waals surface area (Å²) in [6, 6.07) is 17.4. The molecule has 1 N–H and O–H groups in total. The molecule has 2 aliphatic heterocycles. The van der Waals surface area contributed by atoms with E-state index in [1.807, 2.05) is 48.5 Å². The zero-order valence-corrected chi connectivity index (χ0v) is 24.6. The van der Waals surface area contributed by atoms with Crippen molar-refractivity contribution in [2.45, 2.75) is 45.8 Å². The van der Waals surface area contributed by atoms with Gasteiger partial charge in [-0.25, -0.2) is 0 Å². The standard InChI is InChI=1S/C33H37ClN2O5/c1-23(37)39-18-19-40-26-12-13-31-29(20-26)27(28-6-4-15-35-30(28)21-41-31)7-5-16-36-17-14-33(38,32(2,3)22-36)24-8-10-25(34)11-9-24/h4,6-13,15,20,38H,5,14,16-19,21-22H2,1-3H3. The number of piperidine rings is 1. The van der Waals surface area contributed by atoms with Crippen molar-refractivity contribution >= 4 is 23.1 Å². The summed E-state index contributed by atoms with van der Waals surface area (Å²) in [6.07, 6.45) is 5.51. The Morgan fingerprint density at radius 3 is 2.71 bits per heavy atom. The number of carbonyl (C=O) groups is 1. The average Bonchev–Trinajstić information content (AvgIpc) is 3.10. The normalized spacial score (nSPS) is 20.9. The van der Waals surface area contributed by atoms with Crippen molar-refractivity contribution in [2.75, 3.05) is 32.8 Å². The molecule has 41 heavy (non-hydrogen) atoms. The van der Waals surface area contributed by atoms with Crippen LogP contribution in [0.5, 0.6) is 11.5 Å². The topological polar surface area (TPSA) is 81.1 Å². The van der Waals surface area contributed by atoms with Gasteiger partial charge in [-0.1, -0.05) is 49.7 Å². The summed E-state index contributed by atoms with van der Waals surface area (Å²) in [5.41, 5.74) is 3.58. The summed E-state index contributed by atoms with van der Waals surface area (Å²) >= 11 is 6.10. The van der Waals surface area contributed by atoms with E-state index in [0.717, 1.165) is 59.8 Å². The second-order valence-corrected chi connectivity index (χ2v) is 11.8. The predicted molar refractivity (Wildman–Crippen MR) is 159 cm³/mol. The minimum atomic E-state index is -0.916. The predicted octanol–water partition coefficient (Wildman–Crippen LogP) is 6.01. The molecule has 3 heterocycles. The van der Waals surface area contributed by atoms with E-state index >= 15 is 0 Å². The lowest BCUT2D eigenvalue weighted by Crippen LogP contribution is -2.55. The van der Waals surface area contributed by atoms with Gasteiger partial charge in [-0.05, 0) is 60.4 Å². The third kappa shape index (κ3) is 6.43. The van der Waals surface area contributed by atoms with Gasteiger partial charge in [0.05, 0.1) is 11.3 Å². The number of aliphatic hydroxyl groups is 1. The number of likely N-dealkylation sites (tertiary alicyclic amines) is 1. The molecule has 5 rings (SSSR count). The average molecular weight is 577 g/mol. The summed E-state index contributed by atoms with van der Waals surface area (Å²) < 4.78 is 17.0. The Balaban J connectivity index is 1.33.